The molecule has 20 heavy (non-hydrogen) atoms. The van der Waals surface area contributed by atoms with E-state index in [1.807, 2.05) is 61.5 Å². The van der Waals surface area contributed by atoms with Crippen molar-refractivity contribution >= 4 is 17.3 Å². The summed E-state index contributed by atoms with van der Waals surface area (Å²) in [5.74, 6) is 0.707. The van der Waals surface area contributed by atoms with E-state index in [9.17, 15) is 4.79 Å². The van der Waals surface area contributed by atoms with E-state index in [4.69, 9.17) is 4.74 Å². The topological polar surface area (TPSA) is 50.4 Å². The molecule has 0 unspecified atom stereocenters. The van der Waals surface area contributed by atoms with E-state index in [0.29, 0.717) is 6.61 Å². The van der Waals surface area contributed by atoms with Gasteiger partial charge < -0.3 is 15.4 Å². The lowest BCUT2D eigenvalue weighted by atomic mass is 10.3. The second kappa shape index (κ2) is 7.19. The maximum absolute atomic E-state index is 11.8. The summed E-state index contributed by atoms with van der Waals surface area (Å²) < 4.78 is 5.41. The van der Waals surface area contributed by atoms with Crippen LogP contribution < -0.4 is 15.4 Å². The Morgan fingerprint density at radius 2 is 1.80 bits per heavy atom. The van der Waals surface area contributed by atoms with Gasteiger partial charge in [-0.15, -0.1) is 0 Å². The molecule has 2 rings (SSSR count). The highest BCUT2D eigenvalue weighted by molar-refractivity contribution is 5.93. The van der Waals surface area contributed by atoms with Gasteiger partial charge in [0, 0.05) is 17.4 Å². The maximum atomic E-state index is 11.8. The number of para-hydroxylation sites is 1. The van der Waals surface area contributed by atoms with Gasteiger partial charge in [0.25, 0.3) is 0 Å². The van der Waals surface area contributed by atoms with Crippen molar-refractivity contribution in [2.24, 2.45) is 0 Å². The minimum absolute atomic E-state index is 0.0852. The second-order valence-corrected chi connectivity index (χ2v) is 4.23. The first-order chi connectivity index (χ1) is 9.78. The van der Waals surface area contributed by atoms with Crippen LogP contribution in [0, 0.1) is 0 Å². The van der Waals surface area contributed by atoms with E-state index in [-0.39, 0.29) is 12.5 Å². The summed E-state index contributed by atoms with van der Waals surface area (Å²) in [6, 6.07) is 16.9. The minimum atomic E-state index is -0.0852. The zero-order chi connectivity index (χ0) is 14.2. The summed E-state index contributed by atoms with van der Waals surface area (Å²) in [6.07, 6.45) is 0. The van der Waals surface area contributed by atoms with Crippen LogP contribution in [0.1, 0.15) is 6.92 Å². The second-order valence-electron chi connectivity index (χ2n) is 4.23. The SMILES string of the molecule is CCOc1cccc(NCC(=O)Nc2ccccc2)c1. The normalized spacial score (nSPS) is 9.85. The van der Waals surface area contributed by atoms with E-state index in [2.05, 4.69) is 10.6 Å². The first-order valence-corrected chi connectivity index (χ1v) is 6.59. The molecule has 2 N–H and O–H groups in total. The maximum Gasteiger partial charge on any atom is 0.243 e. The highest BCUT2D eigenvalue weighted by atomic mass is 16.5. The summed E-state index contributed by atoms with van der Waals surface area (Å²) in [5.41, 5.74) is 1.65. The summed E-state index contributed by atoms with van der Waals surface area (Å²) in [7, 11) is 0. The van der Waals surface area contributed by atoms with Gasteiger partial charge in [0.05, 0.1) is 13.2 Å². The number of rotatable bonds is 6. The molecule has 4 heteroatoms. The molecule has 0 spiro atoms. The van der Waals surface area contributed by atoms with Crippen molar-refractivity contribution in [1.82, 2.24) is 0 Å². The monoisotopic (exact) mass is 270 g/mol. The van der Waals surface area contributed by atoms with E-state index in [1.54, 1.807) is 0 Å². The van der Waals surface area contributed by atoms with Crippen molar-refractivity contribution in [3.8, 4) is 5.75 Å². The smallest absolute Gasteiger partial charge is 0.243 e. The first-order valence-electron chi connectivity index (χ1n) is 6.59. The zero-order valence-electron chi connectivity index (χ0n) is 11.4. The molecule has 0 saturated heterocycles. The van der Waals surface area contributed by atoms with E-state index in [0.717, 1.165) is 17.1 Å². The number of anilines is 2. The number of hydrogen-bond donors (Lipinski definition) is 2. The lowest BCUT2D eigenvalue weighted by Gasteiger charge is -2.09. The van der Waals surface area contributed by atoms with Crippen molar-refractivity contribution in [3.63, 3.8) is 0 Å². The minimum Gasteiger partial charge on any atom is -0.494 e. The summed E-state index contributed by atoms with van der Waals surface area (Å²) in [5, 5.41) is 5.89. The molecule has 1 amide bonds. The molecule has 0 aromatic heterocycles. The van der Waals surface area contributed by atoms with Crippen LogP contribution >= 0.6 is 0 Å². The van der Waals surface area contributed by atoms with Crippen LogP contribution in [0.5, 0.6) is 5.75 Å². The van der Waals surface area contributed by atoms with Crippen LogP contribution in [-0.2, 0) is 4.79 Å². The van der Waals surface area contributed by atoms with Gasteiger partial charge in [-0.2, -0.15) is 0 Å². The molecule has 0 fully saturated rings. The average molecular weight is 270 g/mol. The predicted molar refractivity (Wildman–Crippen MR) is 81.2 cm³/mol. The third-order valence-electron chi connectivity index (χ3n) is 2.66. The molecule has 0 saturated carbocycles. The van der Waals surface area contributed by atoms with Crippen molar-refractivity contribution < 1.29 is 9.53 Å². The molecular formula is C16H18N2O2. The van der Waals surface area contributed by atoms with Crippen molar-refractivity contribution in [3.05, 3.63) is 54.6 Å². The van der Waals surface area contributed by atoms with Gasteiger partial charge in [-0.25, -0.2) is 0 Å². The molecule has 0 aliphatic rings. The molecule has 104 valence electrons. The quantitative estimate of drug-likeness (QED) is 0.848. The van der Waals surface area contributed by atoms with Gasteiger partial charge in [-0.1, -0.05) is 24.3 Å². The number of ether oxygens (including phenoxy) is 1. The Bertz CT molecular complexity index is 555. The molecule has 0 heterocycles. The van der Waals surface area contributed by atoms with Crippen LogP contribution in [0.15, 0.2) is 54.6 Å². The first kappa shape index (κ1) is 13.9. The Labute approximate surface area is 118 Å². The third-order valence-corrected chi connectivity index (χ3v) is 2.66. The number of benzene rings is 2. The predicted octanol–water partition coefficient (Wildman–Crippen LogP) is 3.14. The van der Waals surface area contributed by atoms with Gasteiger partial charge in [0.2, 0.25) is 5.91 Å². The molecule has 0 bridgehead atoms. The molecule has 0 aliphatic heterocycles. The fourth-order valence-electron chi connectivity index (χ4n) is 1.77. The Kier molecular flexibility index (Phi) is 5.00. The molecule has 0 aliphatic carbocycles. The number of hydrogen-bond acceptors (Lipinski definition) is 3. The van der Waals surface area contributed by atoms with Crippen LogP contribution in [0.4, 0.5) is 11.4 Å². The Morgan fingerprint density at radius 1 is 1.05 bits per heavy atom. The van der Waals surface area contributed by atoms with E-state index < -0.39 is 0 Å². The number of nitrogens with one attached hydrogen (secondary N) is 2. The summed E-state index contributed by atoms with van der Waals surface area (Å²) in [4.78, 5) is 11.8. The summed E-state index contributed by atoms with van der Waals surface area (Å²) >= 11 is 0. The summed E-state index contributed by atoms with van der Waals surface area (Å²) in [6.45, 7) is 2.77. The highest BCUT2D eigenvalue weighted by Crippen LogP contribution is 2.17. The molecule has 0 atom stereocenters. The van der Waals surface area contributed by atoms with E-state index in [1.165, 1.54) is 0 Å². The fourth-order valence-corrected chi connectivity index (χ4v) is 1.77. The van der Waals surface area contributed by atoms with Crippen molar-refractivity contribution in [2.75, 3.05) is 23.8 Å². The Morgan fingerprint density at radius 3 is 2.55 bits per heavy atom. The van der Waals surface area contributed by atoms with Gasteiger partial charge >= 0.3 is 0 Å². The number of amides is 1. The van der Waals surface area contributed by atoms with Gasteiger partial charge in [0.15, 0.2) is 0 Å². The van der Waals surface area contributed by atoms with Crippen LogP contribution in [0.25, 0.3) is 0 Å². The lowest BCUT2D eigenvalue weighted by Crippen LogP contribution is -2.21. The average Bonchev–Trinajstić information content (AvgIpc) is 2.47. The van der Waals surface area contributed by atoms with Gasteiger partial charge in [0.1, 0.15) is 5.75 Å². The molecular weight excluding hydrogens is 252 g/mol. The van der Waals surface area contributed by atoms with Crippen molar-refractivity contribution in [2.45, 2.75) is 6.92 Å². The number of carbonyl (C=O) groups excluding carboxylic acids is 1. The third kappa shape index (κ3) is 4.31. The fraction of sp³-hybridized carbons (Fsp3) is 0.188. The zero-order valence-corrected chi connectivity index (χ0v) is 11.4. The number of carbonyl (C=O) groups is 1. The molecule has 2 aromatic rings. The Hall–Kier alpha value is -2.49. The molecule has 2 aromatic carbocycles. The standard InChI is InChI=1S/C16H18N2O2/c1-2-20-15-10-6-9-14(11-15)17-12-16(19)18-13-7-4-3-5-8-13/h3-11,17H,2,12H2,1H3,(H,18,19). The largest absolute Gasteiger partial charge is 0.494 e. The van der Waals surface area contributed by atoms with E-state index >= 15 is 0 Å². The van der Waals surface area contributed by atoms with Gasteiger partial charge in [-0.3, -0.25) is 4.79 Å². The van der Waals surface area contributed by atoms with Crippen molar-refractivity contribution in [1.29, 1.82) is 0 Å². The van der Waals surface area contributed by atoms with Gasteiger partial charge in [-0.05, 0) is 31.2 Å². The van der Waals surface area contributed by atoms with Crippen LogP contribution in [0.3, 0.4) is 0 Å². The highest BCUT2D eigenvalue weighted by Gasteiger charge is 2.02. The molecule has 0 radical (unpaired) electrons. The van der Waals surface area contributed by atoms with Crippen LogP contribution in [-0.4, -0.2) is 19.1 Å². The van der Waals surface area contributed by atoms with Crippen LogP contribution in [0.2, 0.25) is 0 Å². The lowest BCUT2D eigenvalue weighted by molar-refractivity contribution is -0.114. The molecule has 4 nitrogen and oxygen atoms in total. The Balaban J connectivity index is 1.85.